The lowest BCUT2D eigenvalue weighted by Gasteiger charge is -2.22. The maximum absolute atomic E-state index is 9.37. The summed E-state index contributed by atoms with van der Waals surface area (Å²) in [5, 5.41) is 10.5. The van der Waals surface area contributed by atoms with Gasteiger partial charge in [-0.25, -0.2) is 0 Å². The predicted molar refractivity (Wildman–Crippen MR) is 60.1 cm³/mol. The summed E-state index contributed by atoms with van der Waals surface area (Å²) in [7, 11) is 1.64. The molecule has 78 valence electrons. The summed E-state index contributed by atoms with van der Waals surface area (Å²) < 4.78 is 0. The van der Waals surface area contributed by atoms with Gasteiger partial charge >= 0.3 is 0 Å². The largest absolute Gasteiger partial charge is 0.289 e. The lowest BCUT2D eigenvalue weighted by Crippen LogP contribution is -2.15. The Morgan fingerprint density at radius 3 is 2.14 bits per heavy atom. The molecule has 0 fully saturated rings. The summed E-state index contributed by atoms with van der Waals surface area (Å²) in [6.45, 7) is 8.55. The molecule has 0 aliphatic rings. The van der Waals surface area contributed by atoms with Crippen LogP contribution in [-0.2, 0) is 5.41 Å². The van der Waals surface area contributed by atoms with E-state index in [0.29, 0.717) is 0 Å². The molecule has 1 aromatic rings. The van der Waals surface area contributed by atoms with E-state index in [4.69, 9.17) is 0 Å². The van der Waals surface area contributed by atoms with Crippen LogP contribution in [0.15, 0.2) is 18.2 Å². The Morgan fingerprint density at radius 1 is 1.14 bits per heavy atom. The molecule has 1 N–H and O–H groups in total. The Balaban J connectivity index is 3.21. The van der Waals surface area contributed by atoms with Crippen LogP contribution in [0.25, 0.3) is 0 Å². The Kier molecular flexibility index (Phi) is 2.86. The lowest BCUT2D eigenvalue weighted by atomic mass is 9.86. The van der Waals surface area contributed by atoms with Crippen LogP contribution in [0, 0.1) is 6.92 Å². The number of anilines is 1. The summed E-state index contributed by atoms with van der Waals surface area (Å²) >= 11 is 0. The highest BCUT2D eigenvalue weighted by Crippen LogP contribution is 2.27. The van der Waals surface area contributed by atoms with Gasteiger partial charge in [0.05, 0.1) is 5.69 Å². The quantitative estimate of drug-likeness (QED) is 0.693. The first kappa shape index (κ1) is 11.1. The normalized spacial score (nSPS) is 11.6. The van der Waals surface area contributed by atoms with Gasteiger partial charge in [0.25, 0.3) is 0 Å². The molecule has 0 bridgehead atoms. The van der Waals surface area contributed by atoms with Crippen molar-refractivity contribution in [2.24, 2.45) is 0 Å². The number of rotatable bonds is 1. The third-order valence-electron chi connectivity index (χ3n) is 2.30. The van der Waals surface area contributed by atoms with Crippen LogP contribution in [0.5, 0.6) is 0 Å². The van der Waals surface area contributed by atoms with Crippen molar-refractivity contribution in [3.63, 3.8) is 0 Å². The smallest absolute Gasteiger partial charge is 0.0636 e. The number of aryl methyl sites for hydroxylation is 1. The molecule has 2 nitrogen and oxygen atoms in total. The second kappa shape index (κ2) is 3.62. The van der Waals surface area contributed by atoms with E-state index in [1.807, 2.05) is 19.1 Å². The molecule has 0 saturated carbocycles. The van der Waals surface area contributed by atoms with Crippen LogP contribution in [-0.4, -0.2) is 12.3 Å². The van der Waals surface area contributed by atoms with E-state index in [-0.39, 0.29) is 5.41 Å². The summed E-state index contributed by atoms with van der Waals surface area (Å²) in [5.41, 5.74) is 3.38. The summed E-state index contributed by atoms with van der Waals surface area (Å²) in [6, 6.07) is 6.15. The number of hydroxylamine groups is 1. The number of hydrogen-bond donors (Lipinski definition) is 1. The first-order chi connectivity index (χ1) is 6.30. The van der Waals surface area contributed by atoms with E-state index in [9.17, 15) is 5.21 Å². The molecule has 0 spiro atoms. The molecule has 0 unspecified atom stereocenters. The van der Waals surface area contributed by atoms with Gasteiger partial charge in [-0.15, -0.1) is 0 Å². The third kappa shape index (κ3) is 2.48. The van der Waals surface area contributed by atoms with Crippen LogP contribution in [0.1, 0.15) is 31.9 Å². The van der Waals surface area contributed by atoms with Crippen LogP contribution >= 0.6 is 0 Å². The zero-order valence-electron chi connectivity index (χ0n) is 9.63. The van der Waals surface area contributed by atoms with Gasteiger partial charge in [0.2, 0.25) is 0 Å². The number of hydrogen-bond acceptors (Lipinski definition) is 2. The Morgan fingerprint density at radius 2 is 1.71 bits per heavy atom. The highest BCUT2D eigenvalue weighted by atomic mass is 16.5. The second-order valence-electron chi connectivity index (χ2n) is 4.83. The molecule has 1 aromatic carbocycles. The summed E-state index contributed by atoms with van der Waals surface area (Å²) in [6.07, 6.45) is 0. The molecule has 0 heterocycles. The van der Waals surface area contributed by atoms with E-state index >= 15 is 0 Å². The Bertz CT molecular complexity index is 324. The van der Waals surface area contributed by atoms with Crippen molar-refractivity contribution in [2.45, 2.75) is 33.1 Å². The molecule has 0 atom stereocenters. The van der Waals surface area contributed by atoms with E-state index in [1.54, 1.807) is 7.05 Å². The molecule has 0 aromatic heterocycles. The zero-order chi connectivity index (χ0) is 10.9. The molecule has 0 amide bonds. The van der Waals surface area contributed by atoms with Crippen molar-refractivity contribution in [3.8, 4) is 0 Å². The van der Waals surface area contributed by atoms with Gasteiger partial charge in [-0.05, 0) is 35.6 Å². The van der Waals surface area contributed by atoms with Gasteiger partial charge in [0.15, 0.2) is 0 Å². The maximum Gasteiger partial charge on any atom is 0.0636 e. The van der Waals surface area contributed by atoms with E-state index in [1.165, 1.54) is 11.1 Å². The van der Waals surface area contributed by atoms with Crippen molar-refractivity contribution in [3.05, 3.63) is 29.3 Å². The minimum absolute atomic E-state index is 0.122. The van der Waals surface area contributed by atoms with Gasteiger partial charge in [-0.3, -0.25) is 10.3 Å². The van der Waals surface area contributed by atoms with Gasteiger partial charge in [-0.1, -0.05) is 26.8 Å². The minimum Gasteiger partial charge on any atom is -0.289 e. The lowest BCUT2D eigenvalue weighted by molar-refractivity contribution is 0.279. The summed E-state index contributed by atoms with van der Waals surface area (Å²) in [4.78, 5) is 0. The highest BCUT2D eigenvalue weighted by molar-refractivity contribution is 5.49. The fraction of sp³-hybridized carbons (Fsp3) is 0.500. The molecule has 0 aliphatic heterocycles. The maximum atomic E-state index is 9.37. The van der Waals surface area contributed by atoms with E-state index in [2.05, 4.69) is 26.8 Å². The Hall–Kier alpha value is -1.02. The van der Waals surface area contributed by atoms with Crippen molar-refractivity contribution in [2.75, 3.05) is 12.1 Å². The fourth-order valence-corrected chi connectivity index (χ4v) is 1.38. The topological polar surface area (TPSA) is 23.5 Å². The zero-order valence-corrected chi connectivity index (χ0v) is 9.63. The number of benzene rings is 1. The van der Waals surface area contributed by atoms with Crippen LogP contribution in [0.3, 0.4) is 0 Å². The second-order valence-corrected chi connectivity index (χ2v) is 4.83. The first-order valence-corrected chi connectivity index (χ1v) is 4.85. The van der Waals surface area contributed by atoms with Crippen LogP contribution in [0.4, 0.5) is 5.69 Å². The Labute approximate surface area is 86.1 Å². The average molecular weight is 193 g/mol. The molecule has 0 saturated heterocycles. The van der Waals surface area contributed by atoms with Crippen molar-refractivity contribution in [1.82, 2.24) is 0 Å². The SMILES string of the molecule is Cc1cc(N(C)O)cc(C(C)(C)C)c1. The third-order valence-corrected chi connectivity index (χ3v) is 2.30. The van der Waals surface area contributed by atoms with E-state index in [0.717, 1.165) is 10.8 Å². The summed E-state index contributed by atoms with van der Waals surface area (Å²) in [5.74, 6) is 0. The van der Waals surface area contributed by atoms with E-state index < -0.39 is 0 Å². The average Bonchev–Trinajstić information content (AvgIpc) is 2.01. The van der Waals surface area contributed by atoms with Gasteiger partial charge < -0.3 is 0 Å². The van der Waals surface area contributed by atoms with Crippen LogP contribution < -0.4 is 5.06 Å². The van der Waals surface area contributed by atoms with Crippen molar-refractivity contribution >= 4 is 5.69 Å². The predicted octanol–water partition coefficient (Wildman–Crippen LogP) is 3.12. The standard InChI is InChI=1S/C12H19NO/c1-9-6-10(12(2,3)4)8-11(7-9)13(5)14/h6-8,14H,1-5H3. The highest BCUT2D eigenvalue weighted by Gasteiger charge is 2.15. The molecule has 2 heteroatoms. The molecule has 1 rings (SSSR count). The molecule has 14 heavy (non-hydrogen) atoms. The van der Waals surface area contributed by atoms with Gasteiger partial charge in [0.1, 0.15) is 0 Å². The van der Waals surface area contributed by atoms with Crippen LogP contribution in [0.2, 0.25) is 0 Å². The minimum atomic E-state index is 0.122. The molecular formula is C12H19NO. The van der Waals surface area contributed by atoms with Crippen molar-refractivity contribution < 1.29 is 5.21 Å². The molecule has 0 aliphatic carbocycles. The van der Waals surface area contributed by atoms with Gasteiger partial charge in [0, 0.05) is 7.05 Å². The number of nitrogens with zero attached hydrogens (tertiary/aromatic N) is 1. The molecule has 0 radical (unpaired) electrons. The fourth-order valence-electron chi connectivity index (χ4n) is 1.38. The first-order valence-electron chi connectivity index (χ1n) is 4.85. The molecular weight excluding hydrogens is 174 g/mol. The van der Waals surface area contributed by atoms with Gasteiger partial charge in [-0.2, -0.15) is 0 Å². The van der Waals surface area contributed by atoms with Crippen molar-refractivity contribution in [1.29, 1.82) is 0 Å². The monoisotopic (exact) mass is 193 g/mol.